The Balaban J connectivity index is 2.17. The van der Waals surface area contributed by atoms with E-state index in [0.717, 1.165) is 12.8 Å². The standard InChI is InChI=1S/C18H28N2O3S/c1-5-20(15-8-6-7-9-15)17(21)14-10-12-16(13-11-14)24(22,23)19-18(2,3)4/h10-13,15,19H,5-9H2,1-4H3. The molecular weight excluding hydrogens is 324 g/mol. The second kappa shape index (κ2) is 7.23. The van der Waals surface area contributed by atoms with Crippen LogP contribution in [0.2, 0.25) is 0 Å². The molecule has 0 radical (unpaired) electrons. The van der Waals surface area contributed by atoms with Crippen molar-refractivity contribution in [3.05, 3.63) is 29.8 Å². The van der Waals surface area contributed by atoms with Gasteiger partial charge < -0.3 is 4.90 Å². The van der Waals surface area contributed by atoms with E-state index in [1.54, 1.807) is 32.9 Å². The molecule has 1 N–H and O–H groups in total. The van der Waals surface area contributed by atoms with E-state index in [-0.39, 0.29) is 10.8 Å². The van der Waals surface area contributed by atoms with Crippen molar-refractivity contribution in [2.45, 2.75) is 69.9 Å². The van der Waals surface area contributed by atoms with E-state index in [4.69, 9.17) is 0 Å². The number of hydrogen-bond acceptors (Lipinski definition) is 3. The third-order valence-corrected chi connectivity index (χ3v) is 5.99. The molecule has 1 aliphatic rings. The van der Waals surface area contributed by atoms with Crippen molar-refractivity contribution in [1.29, 1.82) is 0 Å². The number of nitrogens with one attached hydrogen (secondary N) is 1. The number of rotatable bonds is 5. The number of carbonyl (C=O) groups is 1. The van der Waals surface area contributed by atoms with E-state index < -0.39 is 15.6 Å². The minimum atomic E-state index is -3.58. The van der Waals surface area contributed by atoms with E-state index in [1.807, 2.05) is 11.8 Å². The first-order valence-electron chi connectivity index (χ1n) is 8.59. The van der Waals surface area contributed by atoms with E-state index >= 15 is 0 Å². The quantitative estimate of drug-likeness (QED) is 0.885. The highest BCUT2D eigenvalue weighted by Gasteiger charge is 2.27. The third-order valence-electron chi connectivity index (χ3n) is 4.22. The molecule has 5 nitrogen and oxygen atoms in total. The zero-order chi connectivity index (χ0) is 18.0. The minimum Gasteiger partial charge on any atom is -0.336 e. The maximum Gasteiger partial charge on any atom is 0.254 e. The summed E-state index contributed by atoms with van der Waals surface area (Å²) in [7, 11) is -3.58. The SMILES string of the molecule is CCN(C(=O)c1ccc(S(=O)(=O)NC(C)(C)C)cc1)C1CCCC1. The Morgan fingerprint density at radius 3 is 2.17 bits per heavy atom. The van der Waals surface area contributed by atoms with Gasteiger partial charge in [-0.1, -0.05) is 12.8 Å². The van der Waals surface area contributed by atoms with Crippen LogP contribution in [0, 0.1) is 0 Å². The monoisotopic (exact) mass is 352 g/mol. The average Bonchev–Trinajstić information content (AvgIpc) is 2.99. The van der Waals surface area contributed by atoms with Gasteiger partial charge >= 0.3 is 0 Å². The van der Waals surface area contributed by atoms with Crippen LogP contribution in [0.1, 0.15) is 63.7 Å². The van der Waals surface area contributed by atoms with E-state index in [0.29, 0.717) is 18.2 Å². The van der Waals surface area contributed by atoms with E-state index in [2.05, 4.69) is 4.72 Å². The predicted octanol–water partition coefficient (Wildman–Crippen LogP) is 3.17. The Bertz CT molecular complexity index is 669. The zero-order valence-corrected chi connectivity index (χ0v) is 15.8. The van der Waals surface area contributed by atoms with Crippen molar-refractivity contribution >= 4 is 15.9 Å². The molecule has 2 rings (SSSR count). The maximum absolute atomic E-state index is 12.7. The molecule has 0 aliphatic heterocycles. The molecule has 0 saturated heterocycles. The van der Waals surface area contributed by atoms with Gasteiger partial charge in [0, 0.05) is 23.7 Å². The maximum atomic E-state index is 12.7. The van der Waals surface area contributed by atoms with Crippen molar-refractivity contribution in [2.24, 2.45) is 0 Å². The summed E-state index contributed by atoms with van der Waals surface area (Å²) < 4.78 is 27.3. The minimum absolute atomic E-state index is 0.0165. The summed E-state index contributed by atoms with van der Waals surface area (Å²) in [4.78, 5) is 14.8. The van der Waals surface area contributed by atoms with Gasteiger partial charge in [0.05, 0.1) is 4.90 Å². The summed E-state index contributed by atoms with van der Waals surface area (Å²) in [5, 5.41) is 0. The number of carbonyl (C=O) groups excluding carboxylic acids is 1. The van der Waals surface area contributed by atoms with Crippen LogP contribution >= 0.6 is 0 Å². The molecule has 1 aliphatic carbocycles. The number of benzene rings is 1. The van der Waals surface area contributed by atoms with Crippen LogP contribution in [-0.4, -0.2) is 37.4 Å². The van der Waals surface area contributed by atoms with Crippen LogP contribution in [0.4, 0.5) is 0 Å². The molecule has 0 heterocycles. The van der Waals surface area contributed by atoms with Gasteiger partial charge in [-0.2, -0.15) is 0 Å². The fraction of sp³-hybridized carbons (Fsp3) is 0.611. The molecule has 0 bridgehead atoms. The lowest BCUT2D eigenvalue weighted by Gasteiger charge is -2.27. The Morgan fingerprint density at radius 2 is 1.71 bits per heavy atom. The topological polar surface area (TPSA) is 66.5 Å². The van der Waals surface area contributed by atoms with Gasteiger partial charge in [-0.15, -0.1) is 0 Å². The van der Waals surface area contributed by atoms with Crippen molar-refractivity contribution in [2.75, 3.05) is 6.54 Å². The zero-order valence-electron chi connectivity index (χ0n) is 15.0. The van der Waals surface area contributed by atoms with Crippen LogP contribution < -0.4 is 4.72 Å². The highest BCUT2D eigenvalue weighted by molar-refractivity contribution is 7.89. The smallest absolute Gasteiger partial charge is 0.254 e. The molecular formula is C18H28N2O3S. The summed E-state index contributed by atoms with van der Waals surface area (Å²) in [6, 6.07) is 6.54. The van der Waals surface area contributed by atoms with Gasteiger partial charge in [0.2, 0.25) is 10.0 Å². The van der Waals surface area contributed by atoms with Crippen LogP contribution in [0.5, 0.6) is 0 Å². The van der Waals surface area contributed by atoms with Crippen molar-refractivity contribution in [1.82, 2.24) is 9.62 Å². The predicted molar refractivity (Wildman–Crippen MR) is 95.5 cm³/mol. The van der Waals surface area contributed by atoms with Crippen LogP contribution in [0.3, 0.4) is 0 Å². The summed E-state index contributed by atoms with van der Waals surface area (Å²) in [5.74, 6) is -0.0165. The van der Waals surface area contributed by atoms with Gasteiger partial charge in [0.1, 0.15) is 0 Å². The summed E-state index contributed by atoms with van der Waals surface area (Å²) in [6.45, 7) is 8.05. The molecule has 24 heavy (non-hydrogen) atoms. The highest BCUT2D eigenvalue weighted by atomic mass is 32.2. The Morgan fingerprint density at radius 1 is 1.17 bits per heavy atom. The fourth-order valence-corrected chi connectivity index (χ4v) is 4.61. The van der Waals surface area contributed by atoms with Crippen LogP contribution in [0.15, 0.2) is 29.2 Å². The van der Waals surface area contributed by atoms with Gasteiger partial charge in [-0.3, -0.25) is 4.79 Å². The molecule has 0 unspecified atom stereocenters. The number of nitrogens with zero attached hydrogens (tertiary/aromatic N) is 1. The molecule has 134 valence electrons. The van der Waals surface area contributed by atoms with Crippen LogP contribution in [-0.2, 0) is 10.0 Å². The Kier molecular flexibility index (Phi) is 5.71. The highest BCUT2D eigenvalue weighted by Crippen LogP contribution is 2.25. The molecule has 1 amide bonds. The molecule has 1 saturated carbocycles. The van der Waals surface area contributed by atoms with E-state index in [1.165, 1.54) is 25.0 Å². The molecule has 6 heteroatoms. The second-order valence-corrected chi connectivity index (χ2v) is 9.09. The van der Waals surface area contributed by atoms with Crippen molar-refractivity contribution < 1.29 is 13.2 Å². The largest absolute Gasteiger partial charge is 0.336 e. The van der Waals surface area contributed by atoms with Gasteiger partial charge in [0.25, 0.3) is 5.91 Å². The van der Waals surface area contributed by atoms with Gasteiger partial charge in [0.15, 0.2) is 0 Å². The lowest BCUT2D eigenvalue weighted by molar-refractivity contribution is 0.0693. The number of hydrogen-bond donors (Lipinski definition) is 1. The van der Waals surface area contributed by atoms with Gasteiger partial charge in [-0.25, -0.2) is 13.1 Å². The second-order valence-electron chi connectivity index (χ2n) is 7.41. The Hall–Kier alpha value is -1.40. The third kappa shape index (κ3) is 4.57. The summed E-state index contributed by atoms with van der Waals surface area (Å²) >= 11 is 0. The first-order chi connectivity index (χ1) is 11.1. The Labute approximate surface area is 145 Å². The lowest BCUT2D eigenvalue weighted by Crippen LogP contribution is -2.40. The van der Waals surface area contributed by atoms with Crippen molar-refractivity contribution in [3.8, 4) is 0 Å². The number of sulfonamides is 1. The molecule has 0 aromatic heterocycles. The lowest BCUT2D eigenvalue weighted by atomic mass is 10.1. The van der Waals surface area contributed by atoms with Crippen molar-refractivity contribution in [3.63, 3.8) is 0 Å². The fourth-order valence-electron chi connectivity index (χ4n) is 3.19. The molecule has 1 aromatic carbocycles. The molecule has 0 atom stereocenters. The molecule has 0 spiro atoms. The molecule has 1 fully saturated rings. The first kappa shape index (κ1) is 18.9. The normalized spacial score (nSPS) is 16.3. The molecule has 1 aromatic rings. The first-order valence-corrected chi connectivity index (χ1v) is 10.1. The van der Waals surface area contributed by atoms with Gasteiger partial charge in [-0.05, 0) is 64.8 Å². The average molecular weight is 353 g/mol. The number of amides is 1. The van der Waals surface area contributed by atoms with Crippen LogP contribution in [0.25, 0.3) is 0 Å². The summed E-state index contributed by atoms with van der Waals surface area (Å²) in [5.41, 5.74) is -0.00658. The van der Waals surface area contributed by atoms with E-state index in [9.17, 15) is 13.2 Å². The summed E-state index contributed by atoms with van der Waals surface area (Å²) in [6.07, 6.45) is 4.46.